The third kappa shape index (κ3) is 5.41. The van der Waals surface area contributed by atoms with Gasteiger partial charge in [0.1, 0.15) is 0 Å². The molecular formula is C37H33N3. The topological polar surface area (TPSA) is 9.72 Å². The highest BCUT2D eigenvalue weighted by molar-refractivity contribution is 5.78. The largest absolute Gasteiger partial charge is 0.345 e. The van der Waals surface area contributed by atoms with Crippen molar-refractivity contribution in [2.75, 3.05) is 21.7 Å². The molecule has 0 radical (unpaired) electrons. The van der Waals surface area contributed by atoms with E-state index < -0.39 is 0 Å². The fraction of sp³-hybridized carbons (Fsp3) is 0.0811. The minimum atomic E-state index is 0.292. The SMILES string of the molecule is CN(c1ccc(N(c2ccccc2)c2ccccc2)cc1)c1ccc(N(c2ccccc2)C2C=CC=CC2)cc1. The van der Waals surface area contributed by atoms with E-state index in [1.165, 1.54) is 11.4 Å². The predicted molar refractivity (Wildman–Crippen MR) is 171 cm³/mol. The standard InChI is InChI=1S/C37H33N3/c1-38(30-22-26-36(27-23-30)39(32-14-6-2-7-15-32)33-16-8-3-9-17-33)31-24-28-37(29-25-31)40(34-18-10-4-11-19-34)35-20-12-5-13-21-35/h2-20,22-29,35H,21H2,1H3. The predicted octanol–water partition coefficient (Wildman–Crippen LogP) is 9.95. The van der Waals surface area contributed by atoms with Crippen LogP contribution in [0.15, 0.2) is 164 Å². The first-order valence-corrected chi connectivity index (χ1v) is 13.8. The number of hydrogen-bond donors (Lipinski definition) is 0. The number of rotatable bonds is 8. The quantitative estimate of drug-likeness (QED) is 0.202. The van der Waals surface area contributed by atoms with Crippen molar-refractivity contribution in [3.63, 3.8) is 0 Å². The van der Waals surface area contributed by atoms with Gasteiger partial charge < -0.3 is 14.7 Å². The maximum absolute atomic E-state index is 2.42. The lowest BCUT2D eigenvalue weighted by atomic mass is 10.0. The van der Waals surface area contributed by atoms with Crippen molar-refractivity contribution in [3.8, 4) is 0 Å². The van der Waals surface area contributed by atoms with Crippen LogP contribution in [0.4, 0.5) is 39.8 Å². The van der Waals surface area contributed by atoms with Crippen molar-refractivity contribution in [3.05, 3.63) is 164 Å². The van der Waals surface area contributed by atoms with E-state index in [0.29, 0.717) is 6.04 Å². The molecule has 6 rings (SSSR count). The van der Waals surface area contributed by atoms with E-state index in [9.17, 15) is 0 Å². The third-order valence-electron chi connectivity index (χ3n) is 7.36. The minimum Gasteiger partial charge on any atom is -0.345 e. The molecule has 0 saturated carbocycles. The zero-order valence-corrected chi connectivity index (χ0v) is 22.7. The minimum absolute atomic E-state index is 0.292. The van der Waals surface area contributed by atoms with Gasteiger partial charge >= 0.3 is 0 Å². The summed E-state index contributed by atoms with van der Waals surface area (Å²) in [7, 11) is 2.12. The van der Waals surface area contributed by atoms with E-state index in [4.69, 9.17) is 0 Å². The smallest absolute Gasteiger partial charge is 0.0559 e. The molecule has 1 atom stereocenters. The Morgan fingerprint density at radius 3 is 1.32 bits per heavy atom. The van der Waals surface area contributed by atoms with Crippen molar-refractivity contribution >= 4 is 39.8 Å². The van der Waals surface area contributed by atoms with E-state index in [2.05, 4.69) is 186 Å². The summed E-state index contributed by atoms with van der Waals surface area (Å²) in [5.74, 6) is 0. The summed E-state index contributed by atoms with van der Waals surface area (Å²) < 4.78 is 0. The molecule has 0 spiro atoms. The van der Waals surface area contributed by atoms with Gasteiger partial charge in [-0.15, -0.1) is 0 Å². The Bertz CT molecular complexity index is 1520. The number of hydrogen-bond acceptors (Lipinski definition) is 3. The molecule has 0 fully saturated rings. The molecule has 40 heavy (non-hydrogen) atoms. The van der Waals surface area contributed by atoms with Crippen LogP contribution in [0.25, 0.3) is 0 Å². The van der Waals surface area contributed by atoms with Crippen LogP contribution in [-0.4, -0.2) is 13.1 Å². The van der Waals surface area contributed by atoms with Gasteiger partial charge in [0.05, 0.1) is 6.04 Å². The van der Waals surface area contributed by atoms with Gasteiger partial charge in [-0.2, -0.15) is 0 Å². The molecule has 5 aromatic rings. The Balaban J connectivity index is 1.25. The van der Waals surface area contributed by atoms with Gasteiger partial charge in [-0.3, -0.25) is 0 Å². The fourth-order valence-electron chi connectivity index (χ4n) is 5.29. The van der Waals surface area contributed by atoms with Crippen molar-refractivity contribution in [1.82, 2.24) is 0 Å². The van der Waals surface area contributed by atoms with Crippen molar-refractivity contribution in [1.29, 1.82) is 0 Å². The average Bonchev–Trinajstić information content (AvgIpc) is 3.04. The van der Waals surface area contributed by atoms with Crippen LogP contribution in [0.1, 0.15) is 6.42 Å². The molecule has 0 N–H and O–H groups in total. The van der Waals surface area contributed by atoms with Crippen LogP contribution >= 0.6 is 0 Å². The Morgan fingerprint density at radius 2 is 0.850 bits per heavy atom. The summed E-state index contributed by atoms with van der Waals surface area (Å²) in [4.78, 5) is 6.94. The average molecular weight is 520 g/mol. The molecule has 1 unspecified atom stereocenters. The van der Waals surface area contributed by atoms with Crippen LogP contribution in [0.5, 0.6) is 0 Å². The van der Waals surface area contributed by atoms with Crippen molar-refractivity contribution in [2.24, 2.45) is 0 Å². The van der Waals surface area contributed by atoms with Crippen LogP contribution in [0.2, 0.25) is 0 Å². The summed E-state index contributed by atoms with van der Waals surface area (Å²) in [6.07, 6.45) is 9.78. The summed E-state index contributed by atoms with van der Waals surface area (Å²) in [6, 6.07) is 49.6. The van der Waals surface area contributed by atoms with E-state index in [1.807, 2.05) is 0 Å². The maximum atomic E-state index is 2.42. The van der Waals surface area contributed by atoms with Crippen LogP contribution in [0, 0.1) is 0 Å². The number of para-hydroxylation sites is 3. The first kappa shape index (κ1) is 25.3. The lowest BCUT2D eigenvalue weighted by molar-refractivity contribution is 0.785. The Kier molecular flexibility index (Phi) is 7.45. The highest BCUT2D eigenvalue weighted by Gasteiger charge is 2.19. The van der Waals surface area contributed by atoms with Gasteiger partial charge in [0, 0.05) is 46.9 Å². The van der Waals surface area contributed by atoms with Crippen LogP contribution < -0.4 is 14.7 Å². The summed E-state index contributed by atoms with van der Waals surface area (Å²) in [5.41, 5.74) is 8.06. The Labute approximate surface area is 237 Å². The monoisotopic (exact) mass is 519 g/mol. The lowest BCUT2D eigenvalue weighted by Gasteiger charge is -2.33. The molecule has 196 valence electrons. The first-order chi connectivity index (χ1) is 19.8. The van der Waals surface area contributed by atoms with E-state index in [-0.39, 0.29) is 0 Å². The van der Waals surface area contributed by atoms with E-state index in [1.54, 1.807) is 0 Å². The molecule has 5 aromatic carbocycles. The van der Waals surface area contributed by atoms with Gasteiger partial charge in [-0.1, -0.05) is 78.9 Å². The molecule has 0 saturated heterocycles. The first-order valence-electron chi connectivity index (χ1n) is 13.8. The molecular weight excluding hydrogens is 486 g/mol. The second-order valence-corrected chi connectivity index (χ2v) is 9.92. The van der Waals surface area contributed by atoms with Crippen LogP contribution in [0.3, 0.4) is 0 Å². The third-order valence-corrected chi connectivity index (χ3v) is 7.36. The second kappa shape index (κ2) is 11.8. The van der Waals surface area contributed by atoms with E-state index >= 15 is 0 Å². The van der Waals surface area contributed by atoms with Gasteiger partial charge in [0.2, 0.25) is 0 Å². The highest BCUT2D eigenvalue weighted by atomic mass is 15.2. The lowest BCUT2D eigenvalue weighted by Crippen LogP contribution is -2.29. The second-order valence-electron chi connectivity index (χ2n) is 9.92. The summed E-state index contributed by atoms with van der Waals surface area (Å²) in [6.45, 7) is 0. The zero-order valence-electron chi connectivity index (χ0n) is 22.7. The molecule has 0 aliphatic heterocycles. The van der Waals surface area contributed by atoms with Gasteiger partial charge in [0.25, 0.3) is 0 Å². The number of anilines is 7. The van der Waals surface area contributed by atoms with E-state index in [0.717, 1.165) is 34.9 Å². The van der Waals surface area contributed by atoms with Gasteiger partial charge in [-0.25, -0.2) is 0 Å². The zero-order chi connectivity index (χ0) is 27.1. The molecule has 0 bridgehead atoms. The molecule has 0 amide bonds. The molecule has 1 aliphatic carbocycles. The molecule has 1 aliphatic rings. The molecule has 3 nitrogen and oxygen atoms in total. The number of benzene rings is 5. The van der Waals surface area contributed by atoms with Crippen LogP contribution in [-0.2, 0) is 0 Å². The van der Waals surface area contributed by atoms with Gasteiger partial charge in [-0.05, 0) is 91.3 Å². The number of allylic oxidation sites excluding steroid dienone is 2. The Hall–Kier alpha value is -5.02. The maximum Gasteiger partial charge on any atom is 0.0559 e. The number of nitrogens with zero attached hydrogens (tertiary/aromatic N) is 3. The fourth-order valence-corrected chi connectivity index (χ4v) is 5.29. The Morgan fingerprint density at radius 1 is 0.450 bits per heavy atom. The molecule has 0 aromatic heterocycles. The summed E-state index contributed by atoms with van der Waals surface area (Å²) in [5, 5.41) is 0. The van der Waals surface area contributed by atoms with Gasteiger partial charge in [0.15, 0.2) is 0 Å². The summed E-state index contributed by atoms with van der Waals surface area (Å²) >= 11 is 0. The van der Waals surface area contributed by atoms with Crippen molar-refractivity contribution in [2.45, 2.75) is 12.5 Å². The molecule has 0 heterocycles. The molecule has 3 heteroatoms. The normalized spacial score (nSPS) is 14.1. The highest BCUT2D eigenvalue weighted by Crippen LogP contribution is 2.37. The van der Waals surface area contributed by atoms with Crippen molar-refractivity contribution < 1.29 is 0 Å².